The van der Waals surface area contributed by atoms with Crippen molar-refractivity contribution in [3.8, 4) is 0 Å². The van der Waals surface area contributed by atoms with Crippen LogP contribution in [0.3, 0.4) is 0 Å². The van der Waals surface area contributed by atoms with E-state index < -0.39 is 0 Å². The minimum atomic E-state index is 0.210. The van der Waals surface area contributed by atoms with Crippen LogP contribution >= 0.6 is 0 Å². The first-order valence-electron chi connectivity index (χ1n) is 7.02. The maximum absolute atomic E-state index is 12.1. The SMILES string of the molecule is Cc1cccc(CCC(=O)Cc2ncnn2C(C)C)c1. The quantitative estimate of drug-likeness (QED) is 0.811. The van der Waals surface area contributed by atoms with Gasteiger partial charge in [0.2, 0.25) is 0 Å². The van der Waals surface area contributed by atoms with Crippen molar-refractivity contribution in [2.24, 2.45) is 0 Å². The Kier molecular flexibility index (Phi) is 4.66. The maximum Gasteiger partial charge on any atom is 0.140 e. The number of hydrogen-bond acceptors (Lipinski definition) is 3. The summed E-state index contributed by atoms with van der Waals surface area (Å²) in [5, 5.41) is 4.15. The van der Waals surface area contributed by atoms with E-state index in [4.69, 9.17) is 0 Å². The molecular weight excluding hydrogens is 250 g/mol. The molecule has 0 radical (unpaired) electrons. The summed E-state index contributed by atoms with van der Waals surface area (Å²) >= 11 is 0. The van der Waals surface area contributed by atoms with Gasteiger partial charge in [0.1, 0.15) is 17.9 Å². The Morgan fingerprint density at radius 2 is 2.15 bits per heavy atom. The van der Waals surface area contributed by atoms with Gasteiger partial charge in [-0.15, -0.1) is 0 Å². The van der Waals surface area contributed by atoms with Crippen LogP contribution in [0.2, 0.25) is 0 Å². The van der Waals surface area contributed by atoms with Gasteiger partial charge in [-0.05, 0) is 32.8 Å². The molecule has 1 heterocycles. The second-order valence-electron chi connectivity index (χ2n) is 5.42. The predicted molar refractivity (Wildman–Crippen MR) is 78.6 cm³/mol. The maximum atomic E-state index is 12.1. The van der Waals surface area contributed by atoms with Crippen LogP contribution in [0.15, 0.2) is 30.6 Å². The molecule has 1 aromatic heterocycles. The molecule has 0 aliphatic rings. The Hall–Kier alpha value is -1.97. The number of aryl methyl sites for hydroxylation is 2. The van der Waals surface area contributed by atoms with Gasteiger partial charge in [0, 0.05) is 12.5 Å². The third-order valence-corrected chi connectivity index (χ3v) is 3.27. The van der Waals surface area contributed by atoms with Gasteiger partial charge in [0.15, 0.2) is 0 Å². The van der Waals surface area contributed by atoms with E-state index in [2.05, 4.69) is 35.2 Å². The minimum Gasteiger partial charge on any atom is -0.299 e. The standard InChI is InChI=1S/C16H21N3O/c1-12(2)19-16(17-11-18-19)10-15(20)8-7-14-6-4-5-13(3)9-14/h4-6,9,11-12H,7-8,10H2,1-3H3. The van der Waals surface area contributed by atoms with Crippen LogP contribution in [0.5, 0.6) is 0 Å². The number of hydrogen-bond donors (Lipinski definition) is 0. The van der Waals surface area contributed by atoms with Crippen molar-refractivity contribution in [3.05, 3.63) is 47.5 Å². The molecule has 106 valence electrons. The van der Waals surface area contributed by atoms with Crippen LogP contribution in [0.25, 0.3) is 0 Å². The largest absolute Gasteiger partial charge is 0.299 e. The van der Waals surface area contributed by atoms with Crippen molar-refractivity contribution < 1.29 is 4.79 Å². The molecule has 0 N–H and O–H groups in total. The fourth-order valence-electron chi connectivity index (χ4n) is 2.25. The van der Waals surface area contributed by atoms with E-state index in [0.717, 1.165) is 12.2 Å². The van der Waals surface area contributed by atoms with Gasteiger partial charge < -0.3 is 0 Å². The summed E-state index contributed by atoms with van der Waals surface area (Å²) in [6.45, 7) is 6.14. The summed E-state index contributed by atoms with van der Waals surface area (Å²) in [6, 6.07) is 8.53. The number of benzene rings is 1. The topological polar surface area (TPSA) is 47.8 Å². The van der Waals surface area contributed by atoms with Crippen molar-refractivity contribution in [1.29, 1.82) is 0 Å². The van der Waals surface area contributed by atoms with Gasteiger partial charge in [-0.2, -0.15) is 5.10 Å². The monoisotopic (exact) mass is 271 g/mol. The van der Waals surface area contributed by atoms with Crippen LogP contribution in [0.1, 0.15) is 43.3 Å². The lowest BCUT2D eigenvalue weighted by Crippen LogP contribution is -2.13. The van der Waals surface area contributed by atoms with Gasteiger partial charge in [-0.25, -0.2) is 9.67 Å². The number of carbonyl (C=O) groups excluding carboxylic acids is 1. The summed E-state index contributed by atoms with van der Waals surface area (Å²) in [5.41, 5.74) is 2.44. The molecule has 4 nitrogen and oxygen atoms in total. The Balaban J connectivity index is 1.91. The van der Waals surface area contributed by atoms with Gasteiger partial charge in [-0.3, -0.25) is 4.79 Å². The van der Waals surface area contributed by atoms with Gasteiger partial charge in [0.05, 0.1) is 6.42 Å². The first-order valence-corrected chi connectivity index (χ1v) is 7.02. The van der Waals surface area contributed by atoms with Crippen molar-refractivity contribution in [3.63, 3.8) is 0 Å². The Labute approximate surface area is 119 Å². The highest BCUT2D eigenvalue weighted by Gasteiger charge is 2.12. The molecular formula is C16H21N3O. The van der Waals surface area contributed by atoms with E-state index >= 15 is 0 Å². The molecule has 0 fully saturated rings. The van der Waals surface area contributed by atoms with Crippen molar-refractivity contribution in [2.45, 2.75) is 46.1 Å². The highest BCUT2D eigenvalue weighted by Crippen LogP contribution is 2.10. The molecule has 0 aliphatic carbocycles. The molecule has 0 spiro atoms. The minimum absolute atomic E-state index is 0.210. The van der Waals surface area contributed by atoms with Gasteiger partial charge in [0.25, 0.3) is 0 Å². The predicted octanol–water partition coefficient (Wildman–Crippen LogP) is 2.91. The van der Waals surface area contributed by atoms with E-state index in [1.807, 2.05) is 24.6 Å². The molecule has 4 heteroatoms. The molecule has 0 atom stereocenters. The number of nitrogens with zero attached hydrogens (tertiary/aromatic N) is 3. The van der Waals surface area contributed by atoms with Crippen LogP contribution in [-0.2, 0) is 17.6 Å². The smallest absolute Gasteiger partial charge is 0.140 e. The van der Waals surface area contributed by atoms with Crippen molar-refractivity contribution in [2.75, 3.05) is 0 Å². The summed E-state index contributed by atoms with van der Waals surface area (Å²) in [5.74, 6) is 0.968. The highest BCUT2D eigenvalue weighted by atomic mass is 16.1. The van der Waals surface area contributed by atoms with E-state index in [1.165, 1.54) is 17.5 Å². The number of aromatic nitrogens is 3. The van der Waals surface area contributed by atoms with E-state index in [0.29, 0.717) is 12.8 Å². The summed E-state index contributed by atoms with van der Waals surface area (Å²) in [4.78, 5) is 16.2. The first kappa shape index (κ1) is 14.4. The highest BCUT2D eigenvalue weighted by molar-refractivity contribution is 5.80. The fraction of sp³-hybridized carbons (Fsp3) is 0.438. The zero-order valence-corrected chi connectivity index (χ0v) is 12.3. The van der Waals surface area contributed by atoms with Gasteiger partial charge in [-0.1, -0.05) is 29.8 Å². The lowest BCUT2D eigenvalue weighted by molar-refractivity contribution is -0.118. The lowest BCUT2D eigenvalue weighted by Gasteiger charge is -2.08. The average molecular weight is 271 g/mol. The molecule has 2 rings (SSSR count). The van der Waals surface area contributed by atoms with E-state index in [-0.39, 0.29) is 11.8 Å². The molecule has 0 saturated carbocycles. The first-order chi connectivity index (χ1) is 9.56. The van der Waals surface area contributed by atoms with E-state index in [1.54, 1.807) is 0 Å². The average Bonchev–Trinajstić information content (AvgIpc) is 2.85. The molecule has 20 heavy (non-hydrogen) atoms. The number of ketones is 1. The van der Waals surface area contributed by atoms with Crippen LogP contribution < -0.4 is 0 Å². The number of Topliss-reactive ketones (excluding diaryl/α,β-unsaturated/α-hetero) is 1. The Bertz CT molecular complexity index is 587. The third kappa shape index (κ3) is 3.76. The molecule has 1 aromatic carbocycles. The fourth-order valence-corrected chi connectivity index (χ4v) is 2.25. The zero-order valence-electron chi connectivity index (χ0n) is 12.3. The normalized spacial score (nSPS) is 11.0. The second-order valence-corrected chi connectivity index (χ2v) is 5.42. The number of rotatable bonds is 6. The Morgan fingerprint density at radius 3 is 2.85 bits per heavy atom. The molecule has 0 aliphatic heterocycles. The van der Waals surface area contributed by atoms with Gasteiger partial charge >= 0.3 is 0 Å². The Morgan fingerprint density at radius 1 is 1.35 bits per heavy atom. The number of carbonyl (C=O) groups is 1. The molecule has 2 aromatic rings. The van der Waals surface area contributed by atoms with Crippen molar-refractivity contribution in [1.82, 2.24) is 14.8 Å². The van der Waals surface area contributed by atoms with E-state index in [9.17, 15) is 4.79 Å². The third-order valence-electron chi connectivity index (χ3n) is 3.27. The summed E-state index contributed by atoms with van der Waals surface area (Å²) in [7, 11) is 0. The zero-order chi connectivity index (χ0) is 14.5. The van der Waals surface area contributed by atoms with Crippen LogP contribution in [0.4, 0.5) is 0 Å². The van der Waals surface area contributed by atoms with Crippen LogP contribution in [0, 0.1) is 6.92 Å². The summed E-state index contributed by atoms with van der Waals surface area (Å²) in [6.07, 6.45) is 3.22. The molecule has 0 unspecified atom stereocenters. The molecule has 0 amide bonds. The van der Waals surface area contributed by atoms with Crippen molar-refractivity contribution >= 4 is 5.78 Å². The van der Waals surface area contributed by atoms with Crippen LogP contribution in [-0.4, -0.2) is 20.5 Å². The lowest BCUT2D eigenvalue weighted by atomic mass is 10.0. The molecule has 0 saturated heterocycles. The molecule has 0 bridgehead atoms. The summed E-state index contributed by atoms with van der Waals surface area (Å²) < 4.78 is 1.81. The second kappa shape index (κ2) is 6.46.